The van der Waals surface area contributed by atoms with E-state index in [0.717, 1.165) is 18.2 Å². The Kier molecular flexibility index (Phi) is 6.65. The molecule has 3 atom stereocenters. The number of rotatable bonds is 4. The Morgan fingerprint density at radius 2 is 1.59 bits per heavy atom. The Balaban J connectivity index is 1.36. The molecule has 0 aliphatic carbocycles. The van der Waals surface area contributed by atoms with Gasteiger partial charge in [-0.1, -0.05) is 36.4 Å². The Morgan fingerprint density at radius 3 is 2.19 bits per heavy atom. The molecule has 3 aromatic rings. The number of carbonyl (C=O) groups is 1. The smallest absolute Gasteiger partial charge is 0.321 e. The number of hydrogen-bond acceptors (Lipinski definition) is 4. The van der Waals surface area contributed by atoms with Gasteiger partial charge in [-0.15, -0.1) is 0 Å². The summed E-state index contributed by atoms with van der Waals surface area (Å²) in [6.07, 6.45) is 0. The standard InChI is InChI=1S/C27H26F4N4O2/c28-20-7-21(29)9-22(8-20)34-26(36)35-13-18-11-33-12-19(14-35)27(18,37)17-4-1-15(2-5-17)23-6-3-16(10-32)24(30)25(23)31/h1-9,18-19,33,37H,10-14,32H2,(H,34,36)/t18-,19+,27-. The highest BCUT2D eigenvalue weighted by Crippen LogP contribution is 2.44. The number of nitrogens with two attached hydrogens (primary N) is 1. The summed E-state index contributed by atoms with van der Waals surface area (Å²) in [7, 11) is 0. The first-order valence-corrected chi connectivity index (χ1v) is 11.9. The molecule has 2 bridgehead atoms. The molecular weight excluding hydrogens is 488 g/mol. The van der Waals surface area contributed by atoms with E-state index in [4.69, 9.17) is 5.73 Å². The van der Waals surface area contributed by atoms with E-state index in [1.165, 1.54) is 17.0 Å². The first-order chi connectivity index (χ1) is 17.7. The molecule has 0 saturated carbocycles. The molecule has 5 N–H and O–H groups in total. The van der Waals surface area contributed by atoms with Crippen LogP contribution in [0.1, 0.15) is 11.1 Å². The lowest BCUT2D eigenvalue weighted by Gasteiger charge is -2.53. The second-order valence-corrected chi connectivity index (χ2v) is 9.55. The van der Waals surface area contributed by atoms with E-state index in [0.29, 0.717) is 24.2 Å². The third-order valence-corrected chi connectivity index (χ3v) is 7.35. The molecule has 0 radical (unpaired) electrons. The minimum absolute atomic E-state index is 0.00497. The van der Waals surface area contributed by atoms with Crippen LogP contribution in [-0.2, 0) is 12.1 Å². The van der Waals surface area contributed by atoms with Gasteiger partial charge in [-0.05, 0) is 23.3 Å². The summed E-state index contributed by atoms with van der Waals surface area (Å²) in [5.74, 6) is -4.31. The monoisotopic (exact) mass is 514 g/mol. The third kappa shape index (κ3) is 4.56. The number of anilines is 1. The summed E-state index contributed by atoms with van der Waals surface area (Å²) < 4.78 is 55.9. The summed E-state index contributed by atoms with van der Waals surface area (Å²) in [6, 6.07) is 11.8. The predicted molar refractivity (Wildman–Crippen MR) is 130 cm³/mol. The summed E-state index contributed by atoms with van der Waals surface area (Å²) in [5, 5.41) is 17.7. The number of nitrogens with zero attached hydrogens (tertiary/aromatic N) is 1. The van der Waals surface area contributed by atoms with Crippen molar-refractivity contribution < 1.29 is 27.5 Å². The molecule has 10 heteroatoms. The summed E-state index contributed by atoms with van der Waals surface area (Å²) >= 11 is 0. The molecule has 37 heavy (non-hydrogen) atoms. The fraction of sp³-hybridized carbons (Fsp3) is 0.296. The largest absolute Gasteiger partial charge is 0.384 e. The van der Waals surface area contributed by atoms with Gasteiger partial charge in [0.2, 0.25) is 0 Å². The molecule has 2 amide bonds. The van der Waals surface area contributed by atoms with Gasteiger partial charge in [-0.25, -0.2) is 22.4 Å². The highest BCUT2D eigenvalue weighted by Gasteiger charge is 2.52. The van der Waals surface area contributed by atoms with Gasteiger partial charge < -0.3 is 26.4 Å². The number of nitrogens with one attached hydrogen (secondary N) is 2. The van der Waals surface area contributed by atoms with E-state index in [2.05, 4.69) is 10.6 Å². The van der Waals surface area contributed by atoms with Gasteiger partial charge in [-0.3, -0.25) is 0 Å². The van der Waals surface area contributed by atoms with Crippen LogP contribution >= 0.6 is 0 Å². The van der Waals surface area contributed by atoms with Gasteiger partial charge in [0.15, 0.2) is 11.6 Å². The summed E-state index contributed by atoms with van der Waals surface area (Å²) in [6.45, 7) is 1.17. The lowest BCUT2D eigenvalue weighted by Crippen LogP contribution is -2.65. The van der Waals surface area contributed by atoms with Crippen LogP contribution in [-0.4, -0.2) is 42.2 Å². The van der Waals surface area contributed by atoms with Crippen LogP contribution in [0.5, 0.6) is 0 Å². The zero-order chi connectivity index (χ0) is 26.3. The van der Waals surface area contributed by atoms with Crippen molar-refractivity contribution in [1.29, 1.82) is 0 Å². The molecule has 0 aromatic heterocycles. The minimum Gasteiger partial charge on any atom is -0.384 e. The Bertz CT molecular complexity index is 1300. The van der Waals surface area contributed by atoms with Crippen molar-refractivity contribution in [2.75, 3.05) is 31.5 Å². The van der Waals surface area contributed by atoms with E-state index >= 15 is 0 Å². The van der Waals surface area contributed by atoms with Gasteiger partial charge >= 0.3 is 6.03 Å². The van der Waals surface area contributed by atoms with E-state index in [9.17, 15) is 27.5 Å². The Morgan fingerprint density at radius 1 is 0.973 bits per heavy atom. The van der Waals surface area contributed by atoms with Crippen LogP contribution in [0.2, 0.25) is 0 Å². The summed E-state index contributed by atoms with van der Waals surface area (Å²) in [5.41, 5.74) is 5.44. The van der Waals surface area contributed by atoms with E-state index < -0.39 is 34.9 Å². The van der Waals surface area contributed by atoms with E-state index in [-0.39, 0.29) is 48.3 Å². The van der Waals surface area contributed by atoms with Crippen molar-refractivity contribution in [2.45, 2.75) is 12.1 Å². The molecule has 2 aliphatic rings. The molecule has 6 nitrogen and oxygen atoms in total. The lowest BCUT2D eigenvalue weighted by atomic mass is 9.67. The van der Waals surface area contributed by atoms with Gasteiger partial charge in [0, 0.05) is 67.4 Å². The SMILES string of the molecule is NCc1ccc(-c2ccc([C@@]3(O)[C@@H]4CNC[C@H]3CN(C(=O)Nc3cc(F)cc(F)c3)C4)cc2)c(F)c1F. The first kappa shape index (κ1) is 25.2. The number of urea groups is 1. The van der Waals surface area contributed by atoms with Crippen molar-refractivity contribution in [1.82, 2.24) is 10.2 Å². The number of hydrogen-bond donors (Lipinski definition) is 4. The van der Waals surface area contributed by atoms with Crippen molar-refractivity contribution in [3.8, 4) is 11.1 Å². The topological polar surface area (TPSA) is 90.6 Å². The number of piperidine rings is 2. The van der Waals surface area contributed by atoms with Gasteiger partial charge in [0.05, 0.1) is 0 Å². The molecule has 0 spiro atoms. The normalized spacial score (nSPS) is 23.1. The van der Waals surface area contributed by atoms with E-state index in [1.54, 1.807) is 24.3 Å². The van der Waals surface area contributed by atoms with Crippen LogP contribution in [0.3, 0.4) is 0 Å². The molecule has 0 unspecified atom stereocenters. The molecule has 194 valence electrons. The van der Waals surface area contributed by atoms with Crippen LogP contribution < -0.4 is 16.4 Å². The molecule has 5 rings (SSSR count). The van der Waals surface area contributed by atoms with Crippen molar-refractivity contribution in [3.05, 3.63) is 89.0 Å². The van der Waals surface area contributed by atoms with Crippen LogP contribution in [0.25, 0.3) is 11.1 Å². The number of aliphatic hydroxyl groups is 1. The number of halogens is 4. The highest BCUT2D eigenvalue weighted by molar-refractivity contribution is 5.89. The summed E-state index contributed by atoms with van der Waals surface area (Å²) in [4.78, 5) is 14.4. The number of carbonyl (C=O) groups excluding carboxylic acids is 1. The van der Waals surface area contributed by atoms with E-state index in [1.807, 2.05) is 0 Å². The quantitative estimate of drug-likeness (QED) is 0.397. The zero-order valence-electron chi connectivity index (χ0n) is 19.8. The number of fused-ring (bicyclic) bond motifs is 2. The minimum atomic E-state index is -1.27. The van der Waals surface area contributed by atoms with Crippen molar-refractivity contribution >= 4 is 11.7 Å². The molecule has 3 aromatic carbocycles. The third-order valence-electron chi connectivity index (χ3n) is 7.35. The fourth-order valence-electron chi connectivity index (χ4n) is 5.44. The van der Waals surface area contributed by atoms with Crippen LogP contribution in [0, 0.1) is 35.1 Å². The van der Waals surface area contributed by atoms with Crippen LogP contribution in [0.15, 0.2) is 54.6 Å². The number of likely N-dealkylation sites (tertiary alicyclic amines) is 1. The average molecular weight is 515 g/mol. The van der Waals surface area contributed by atoms with Crippen molar-refractivity contribution in [2.24, 2.45) is 17.6 Å². The van der Waals surface area contributed by atoms with Crippen molar-refractivity contribution in [3.63, 3.8) is 0 Å². The van der Waals surface area contributed by atoms with Gasteiger partial charge in [0.1, 0.15) is 17.2 Å². The average Bonchev–Trinajstić information content (AvgIpc) is 2.85. The maximum Gasteiger partial charge on any atom is 0.321 e. The highest BCUT2D eigenvalue weighted by atomic mass is 19.2. The second-order valence-electron chi connectivity index (χ2n) is 9.55. The number of amides is 2. The molecular formula is C27H26F4N4O2. The first-order valence-electron chi connectivity index (χ1n) is 11.9. The van der Waals surface area contributed by atoms with Gasteiger partial charge in [-0.2, -0.15) is 0 Å². The lowest BCUT2D eigenvalue weighted by molar-refractivity contribution is -0.129. The molecule has 2 heterocycles. The zero-order valence-corrected chi connectivity index (χ0v) is 19.8. The molecule has 2 aliphatic heterocycles. The number of benzene rings is 3. The fourth-order valence-corrected chi connectivity index (χ4v) is 5.44. The molecule has 2 saturated heterocycles. The second kappa shape index (κ2) is 9.77. The maximum atomic E-state index is 14.6. The Hall–Kier alpha value is -3.47. The maximum absolute atomic E-state index is 14.6. The van der Waals surface area contributed by atoms with Crippen LogP contribution in [0.4, 0.5) is 28.0 Å². The Labute approximate surface area is 211 Å². The van der Waals surface area contributed by atoms with Gasteiger partial charge in [0.25, 0.3) is 0 Å². The molecule has 2 fully saturated rings. The predicted octanol–water partition coefficient (Wildman–Crippen LogP) is 3.94.